The fourth-order valence-electron chi connectivity index (χ4n) is 3.19. The second-order valence-corrected chi connectivity index (χ2v) is 6.24. The third kappa shape index (κ3) is 2.71. The fourth-order valence-corrected chi connectivity index (χ4v) is 3.39. The molecule has 0 amide bonds. The molecule has 2 heterocycles. The number of methoxy groups -OCH3 is 1. The van der Waals surface area contributed by atoms with E-state index in [1.807, 2.05) is 35.0 Å². The molecule has 2 atom stereocenters. The van der Waals surface area contributed by atoms with Gasteiger partial charge >= 0.3 is 0 Å². The lowest BCUT2D eigenvalue weighted by Gasteiger charge is -2.32. The second kappa shape index (κ2) is 6.17. The van der Waals surface area contributed by atoms with Gasteiger partial charge in [-0.3, -0.25) is 0 Å². The molecule has 0 unspecified atom stereocenters. The molecule has 0 fully saturated rings. The molecule has 6 heteroatoms. The Morgan fingerprint density at radius 2 is 2.00 bits per heavy atom. The van der Waals surface area contributed by atoms with Crippen molar-refractivity contribution in [3.8, 4) is 5.75 Å². The Morgan fingerprint density at radius 1 is 1.17 bits per heavy atom. The first-order valence-corrected chi connectivity index (χ1v) is 8.18. The molecule has 1 aromatic heterocycles. The molecule has 5 nitrogen and oxygen atoms in total. The summed E-state index contributed by atoms with van der Waals surface area (Å²) in [6, 6.07) is 16.2. The minimum Gasteiger partial charge on any atom is -0.497 e. The molecule has 122 valence electrons. The van der Waals surface area contributed by atoms with Crippen molar-refractivity contribution in [1.82, 2.24) is 14.8 Å². The van der Waals surface area contributed by atoms with E-state index in [0.29, 0.717) is 0 Å². The van der Waals surface area contributed by atoms with Crippen LogP contribution in [-0.4, -0.2) is 21.9 Å². The fraction of sp³-hybridized carbons (Fsp3) is 0.222. The van der Waals surface area contributed by atoms with Crippen LogP contribution in [0.1, 0.15) is 29.6 Å². The molecule has 24 heavy (non-hydrogen) atoms. The highest BCUT2D eigenvalue weighted by atomic mass is 35.5. The van der Waals surface area contributed by atoms with Crippen molar-refractivity contribution in [2.45, 2.75) is 18.5 Å². The molecule has 2 aromatic carbocycles. The van der Waals surface area contributed by atoms with E-state index < -0.39 is 0 Å². The summed E-state index contributed by atoms with van der Waals surface area (Å²) in [5, 5.41) is 8.57. The van der Waals surface area contributed by atoms with E-state index in [2.05, 4.69) is 33.6 Å². The average Bonchev–Trinajstić information content (AvgIpc) is 3.09. The highest BCUT2D eigenvalue weighted by Crippen LogP contribution is 2.38. The Hall–Kier alpha value is -2.53. The van der Waals surface area contributed by atoms with Crippen molar-refractivity contribution in [2.24, 2.45) is 0 Å². The average molecular weight is 341 g/mol. The molecule has 3 aromatic rings. The van der Waals surface area contributed by atoms with Gasteiger partial charge in [-0.2, -0.15) is 10.1 Å². The summed E-state index contributed by atoms with van der Waals surface area (Å²) in [5.41, 5.74) is 2.29. The summed E-state index contributed by atoms with van der Waals surface area (Å²) in [6.07, 6.45) is 2.43. The smallest absolute Gasteiger partial charge is 0.222 e. The van der Waals surface area contributed by atoms with Gasteiger partial charge in [0.05, 0.1) is 19.2 Å². The molecule has 0 saturated carbocycles. The van der Waals surface area contributed by atoms with E-state index in [1.54, 1.807) is 13.4 Å². The number of fused-ring (bicyclic) bond motifs is 1. The molecule has 0 saturated heterocycles. The summed E-state index contributed by atoms with van der Waals surface area (Å²) in [6.45, 7) is 0. The number of ether oxygens (including phenoxy) is 1. The van der Waals surface area contributed by atoms with Crippen LogP contribution in [0, 0.1) is 0 Å². The van der Waals surface area contributed by atoms with E-state index >= 15 is 0 Å². The molecular formula is C18H17ClN4O. The Labute approximate surface area is 145 Å². The van der Waals surface area contributed by atoms with Crippen molar-refractivity contribution < 1.29 is 4.74 Å². The molecular weight excluding hydrogens is 324 g/mol. The number of halogens is 1. The van der Waals surface area contributed by atoms with E-state index in [4.69, 9.17) is 16.3 Å². The van der Waals surface area contributed by atoms with Crippen LogP contribution in [0.3, 0.4) is 0 Å². The Balaban J connectivity index is 1.73. The van der Waals surface area contributed by atoms with Crippen LogP contribution in [0.2, 0.25) is 5.02 Å². The number of benzene rings is 2. The number of rotatable bonds is 3. The molecule has 0 spiro atoms. The molecule has 1 aliphatic heterocycles. The number of aromatic nitrogens is 3. The first kappa shape index (κ1) is 15.0. The lowest BCUT2D eigenvalue weighted by atomic mass is 9.93. The number of hydrogen-bond acceptors (Lipinski definition) is 4. The van der Waals surface area contributed by atoms with Crippen LogP contribution in [0.5, 0.6) is 5.75 Å². The SMILES string of the molecule is COc1cccc([C@H]2C[C@H](c3cccc(Cl)c3)n3ncnc3N2)c1. The van der Waals surface area contributed by atoms with Crippen molar-refractivity contribution in [3.05, 3.63) is 71.0 Å². The summed E-state index contributed by atoms with van der Waals surface area (Å²) in [7, 11) is 1.68. The van der Waals surface area contributed by atoms with Crippen LogP contribution in [-0.2, 0) is 0 Å². The van der Waals surface area contributed by atoms with Gasteiger partial charge in [-0.25, -0.2) is 4.68 Å². The van der Waals surface area contributed by atoms with Crippen LogP contribution in [0.4, 0.5) is 5.95 Å². The van der Waals surface area contributed by atoms with Gasteiger partial charge in [-0.1, -0.05) is 35.9 Å². The van der Waals surface area contributed by atoms with Crippen LogP contribution < -0.4 is 10.1 Å². The topological polar surface area (TPSA) is 52.0 Å². The molecule has 0 bridgehead atoms. The largest absolute Gasteiger partial charge is 0.497 e. The van der Waals surface area contributed by atoms with Crippen molar-refractivity contribution in [3.63, 3.8) is 0 Å². The van der Waals surface area contributed by atoms with E-state index in [9.17, 15) is 0 Å². The van der Waals surface area contributed by atoms with Gasteiger partial charge in [-0.15, -0.1) is 0 Å². The standard InChI is InChI=1S/C18H17ClN4O/c1-24-15-7-3-4-12(9-15)16-10-17(13-5-2-6-14(19)8-13)23-18(22-16)20-11-21-23/h2-9,11,16-17H,10H2,1H3,(H,20,21,22)/t16-,17-/m1/s1. The number of nitrogens with one attached hydrogen (secondary N) is 1. The van der Waals surface area contributed by atoms with Gasteiger partial charge < -0.3 is 10.1 Å². The van der Waals surface area contributed by atoms with Crippen LogP contribution in [0.25, 0.3) is 0 Å². The monoisotopic (exact) mass is 340 g/mol. The summed E-state index contributed by atoms with van der Waals surface area (Å²) >= 11 is 6.18. The maximum atomic E-state index is 6.18. The maximum Gasteiger partial charge on any atom is 0.222 e. The predicted octanol–water partition coefficient (Wildman–Crippen LogP) is 4.09. The lowest BCUT2D eigenvalue weighted by Crippen LogP contribution is -2.28. The highest BCUT2D eigenvalue weighted by Gasteiger charge is 2.30. The molecule has 1 aliphatic rings. The van der Waals surface area contributed by atoms with Gasteiger partial charge in [0.25, 0.3) is 0 Å². The van der Waals surface area contributed by atoms with Gasteiger partial charge in [0, 0.05) is 5.02 Å². The summed E-state index contributed by atoms with van der Waals surface area (Å²) < 4.78 is 7.27. The summed E-state index contributed by atoms with van der Waals surface area (Å²) in [4.78, 5) is 4.35. The van der Waals surface area contributed by atoms with Gasteiger partial charge in [0.2, 0.25) is 5.95 Å². The number of nitrogens with zero attached hydrogens (tertiary/aromatic N) is 3. The third-order valence-corrected chi connectivity index (χ3v) is 4.60. The van der Waals surface area contributed by atoms with Crippen LogP contribution >= 0.6 is 11.6 Å². The summed E-state index contributed by atoms with van der Waals surface area (Å²) in [5.74, 6) is 1.61. The van der Waals surface area contributed by atoms with E-state index in [0.717, 1.165) is 34.3 Å². The third-order valence-electron chi connectivity index (χ3n) is 4.36. The highest BCUT2D eigenvalue weighted by molar-refractivity contribution is 6.30. The predicted molar refractivity (Wildman–Crippen MR) is 93.6 cm³/mol. The minimum absolute atomic E-state index is 0.0821. The molecule has 4 rings (SSSR count). The zero-order valence-corrected chi connectivity index (χ0v) is 13.9. The van der Waals surface area contributed by atoms with Crippen LogP contribution in [0.15, 0.2) is 54.9 Å². The van der Waals surface area contributed by atoms with Crippen molar-refractivity contribution in [2.75, 3.05) is 12.4 Å². The Morgan fingerprint density at radius 3 is 2.83 bits per heavy atom. The molecule has 0 radical (unpaired) electrons. The maximum absolute atomic E-state index is 6.18. The van der Waals surface area contributed by atoms with Crippen molar-refractivity contribution in [1.29, 1.82) is 0 Å². The first-order valence-electron chi connectivity index (χ1n) is 7.80. The van der Waals surface area contributed by atoms with Gasteiger partial charge in [0.1, 0.15) is 12.1 Å². The minimum atomic E-state index is 0.0821. The van der Waals surface area contributed by atoms with Gasteiger partial charge in [0.15, 0.2) is 0 Å². The number of anilines is 1. The first-order chi connectivity index (χ1) is 11.7. The normalized spacial score (nSPS) is 19.4. The van der Waals surface area contributed by atoms with Crippen molar-refractivity contribution >= 4 is 17.5 Å². The van der Waals surface area contributed by atoms with E-state index in [1.165, 1.54) is 0 Å². The molecule has 0 aliphatic carbocycles. The zero-order valence-electron chi connectivity index (χ0n) is 13.2. The van der Waals surface area contributed by atoms with Gasteiger partial charge in [-0.05, 0) is 41.8 Å². The number of hydrogen-bond donors (Lipinski definition) is 1. The Kier molecular flexibility index (Phi) is 3.86. The lowest BCUT2D eigenvalue weighted by molar-refractivity contribution is 0.410. The second-order valence-electron chi connectivity index (χ2n) is 5.81. The van der Waals surface area contributed by atoms with E-state index in [-0.39, 0.29) is 12.1 Å². The Bertz CT molecular complexity index is 863. The quantitative estimate of drug-likeness (QED) is 0.780. The molecule has 1 N–H and O–H groups in total. The zero-order chi connectivity index (χ0) is 16.5.